The number of amides is 1. The Labute approximate surface area is 108 Å². The van der Waals surface area contributed by atoms with E-state index in [1.54, 1.807) is 7.11 Å². The molecule has 18 heavy (non-hydrogen) atoms. The fraction of sp³-hybridized carbons (Fsp3) is 0.846. The normalized spacial score (nSPS) is 18.8. The minimum atomic E-state index is -0.961. The van der Waals surface area contributed by atoms with Gasteiger partial charge in [-0.1, -0.05) is 19.8 Å². The van der Waals surface area contributed by atoms with E-state index in [2.05, 4.69) is 5.32 Å². The Hall–Kier alpha value is -1.10. The Kier molecular flexibility index (Phi) is 5.59. The van der Waals surface area contributed by atoms with Crippen LogP contribution >= 0.6 is 0 Å². The van der Waals surface area contributed by atoms with Crippen LogP contribution in [0.4, 0.5) is 0 Å². The van der Waals surface area contributed by atoms with Gasteiger partial charge in [-0.05, 0) is 25.7 Å². The predicted octanol–water partition coefficient (Wildman–Crippen LogP) is 1.71. The predicted molar refractivity (Wildman–Crippen MR) is 67.3 cm³/mol. The van der Waals surface area contributed by atoms with Crippen molar-refractivity contribution in [3.05, 3.63) is 0 Å². The van der Waals surface area contributed by atoms with Crippen molar-refractivity contribution in [2.75, 3.05) is 7.11 Å². The maximum atomic E-state index is 11.8. The van der Waals surface area contributed by atoms with Gasteiger partial charge in [0.1, 0.15) is 6.04 Å². The average Bonchev–Trinajstić information content (AvgIpc) is 2.28. The van der Waals surface area contributed by atoms with Crippen molar-refractivity contribution in [1.29, 1.82) is 0 Å². The SMILES string of the molecule is CCCC[C@H](NC(=O)CC1(OC)CCC1)C(=O)O. The van der Waals surface area contributed by atoms with Crippen LogP contribution in [0.3, 0.4) is 0 Å². The molecule has 5 heteroatoms. The van der Waals surface area contributed by atoms with E-state index in [0.29, 0.717) is 6.42 Å². The highest BCUT2D eigenvalue weighted by atomic mass is 16.5. The Morgan fingerprint density at radius 3 is 2.50 bits per heavy atom. The van der Waals surface area contributed by atoms with Gasteiger partial charge in [-0.2, -0.15) is 0 Å². The van der Waals surface area contributed by atoms with Crippen LogP contribution < -0.4 is 5.32 Å². The molecule has 1 atom stereocenters. The maximum Gasteiger partial charge on any atom is 0.326 e. The number of rotatable bonds is 8. The molecule has 0 aromatic carbocycles. The number of carbonyl (C=O) groups excluding carboxylic acids is 1. The average molecular weight is 257 g/mol. The third-order valence-electron chi connectivity index (χ3n) is 3.66. The van der Waals surface area contributed by atoms with E-state index in [1.807, 2.05) is 6.92 Å². The molecule has 0 spiro atoms. The van der Waals surface area contributed by atoms with Gasteiger partial charge >= 0.3 is 5.97 Å². The Balaban J connectivity index is 2.43. The van der Waals surface area contributed by atoms with Gasteiger partial charge in [0, 0.05) is 7.11 Å². The minimum Gasteiger partial charge on any atom is -0.480 e. The fourth-order valence-corrected chi connectivity index (χ4v) is 2.23. The molecule has 5 nitrogen and oxygen atoms in total. The van der Waals surface area contributed by atoms with Gasteiger partial charge < -0.3 is 15.2 Å². The van der Waals surface area contributed by atoms with Gasteiger partial charge in [0.25, 0.3) is 0 Å². The van der Waals surface area contributed by atoms with E-state index in [1.165, 1.54) is 0 Å². The highest BCUT2D eigenvalue weighted by Crippen LogP contribution is 2.37. The molecule has 1 aliphatic rings. The van der Waals surface area contributed by atoms with Crippen LogP contribution in [0.2, 0.25) is 0 Å². The Bertz CT molecular complexity index is 294. The molecule has 0 bridgehead atoms. The first kappa shape index (κ1) is 15.0. The first-order chi connectivity index (χ1) is 8.53. The summed E-state index contributed by atoms with van der Waals surface area (Å²) in [5, 5.41) is 11.6. The van der Waals surface area contributed by atoms with Crippen LogP contribution in [-0.4, -0.2) is 35.7 Å². The lowest BCUT2D eigenvalue weighted by Crippen LogP contribution is -2.47. The van der Waals surface area contributed by atoms with Crippen LogP contribution in [0.25, 0.3) is 0 Å². The molecule has 0 radical (unpaired) electrons. The second-order valence-electron chi connectivity index (χ2n) is 5.02. The fourth-order valence-electron chi connectivity index (χ4n) is 2.23. The first-order valence-electron chi connectivity index (χ1n) is 6.60. The van der Waals surface area contributed by atoms with E-state index in [9.17, 15) is 9.59 Å². The van der Waals surface area contributed by atoms with Gasteiger partial charge in [0.15, 0.2) is 0 Å². The summed E-state index contributed by atoms with van der Waals surface area (Å²) in [6, 6.07) is -0.772. The van der Waals surface area contributed by atoms with Gasteiger partial charge in [-0.3, -0.25) is 4.79 Å². The van der Waals surface area contributed by atoms with E-state index >= 15 is 0 Å². The van der Waals surface area contributed by atoms with Crippen molar-refractivity contribution in [3.8, 4) is 0 Å². The second-order valence-corrected chi connectivity index (χ2v) is 5.02. The summed E-state index contributed by atoms with van der Waals surface area (Å²) in [5.41, 5.74) is -0.349. The molecule has 0 aromatic heterocycles. The molecule has 0 aromatic rings. The standard InChI is InChI=1S/C13H23NO4/c1-3-4-6-10(12(16)17)14-11(15)9-13(18-2)7-5-8-13/h10H,3-9H2,1-2H3,(H,14,15)(H,16,17)/t10-/m0/s1. The number of carboxylic acids is 1. The summed E-state index contributed by atoms with van der Waals surface area (Å²) in [6.07, 6.45) is 5.29. The number of ether oxygens (including phenoxy) is 1. The number of aliphatic carboxylic acids is 1. The van der Waals surface area contributed by atoms with Crippen LogP contribution in [0.5, 0.6) is 0 Å². The van der Waals surface area contributed by atoms with Crippen LogP contribution in [0.15, 0.2) is 0 Å². The quantitative estimate of drug-likeness (QED) is 0.694. The van der Waals surface area contributed by atoms with Crippen LogP contribution in [-0.2, 0) is 14.3 Å². The monoisotopic (exact) mass is 257 g/mol. The maximum absolute atomic E-state index is 11.8. The summed E-state index contributed by atoms with van der Waals surface area (Å²) < 4.78 is 5.36. The number of carboxylic acid groups (broad SMARTS) is 1. The Morgan fingerprint density at radius 2 is 2.11 bits per heavy atom. The number of nitrogens with one attached hydrogen (secondary N) is 1. The van der Waals surface area contributed by atoms with Crippen molar-refractivity contribution >= 4 is 11.9 Å². The summed E-state index contributed by atoms with van der Waals surface area (Å²) in [5.74, 6) is -1.18. The molecule has 2 N–H and O–H groups in total. The molecule has 0 heterocycles. The molecule has 1 fully saturated rings. The summed E-state index contributed by atoms with van der Waals surface area (Å²) in [6.45, 7) is 2.00. The molecular formula is C13H23NO4. The van der Waals surface area contributed by atoms with Gasteiger partial charge in [0.05, 0.1) is 12.0 Å². The van der Waals surface area contributed by atoms with E-state index in [0.717, 1.165) is 32.1 Å². The molecule has 0 saturated heterocycles. The third-order valence-corrected chi connectivity index (χ3v) is 3.66. The van der Waals surface area contributed by atoms with E-state index < -0.39 is 12.0 Å². The van der Waals surface area contributed by atoms with Crippen molar-refractivity contribution in [2.45, 2.75) is 63.5 Å². The minimum absolute atomic E-state index is 0.222. The topological polar surface area (TPSA) is 75.6 Å². The molecule has 1 saturated carbocycles. The van der Waals surface area contributed by atoms with Gasteiger partial charge in [-0.15, -0.1) is 0 Å². The highest BCUT2D eigenvalue weighted by Gasteiger charge is 2.39. The summed E-state index contributed by atoms with van der Waals surface area (Å²) in [4.78, 5) is 22.8. The van der Waals surface area contributed by atoms with E-state index in [-0.39, 0.29) is 17.9 Å². The number of methoxy groups -OCH3 is 1. The number of hydrogen-bond donors (Lipinski definition) is 2. The lowest BCUT2D eigenvalue weighted by molar-refractivity contribution is -0.145. The number of hydrogen-bond acceptors (Lipinski definition) is 3. The molecular weight excluding hydrogens is 234 g/mol. The number of unbranched alkanes of at least 4 members (excludes halogenated alkanes) is 1. The van der Waals surface area contributed by atoms with Crippen molar-refractivity contribution in [1.82, 2.24) is 5.32 Å². The molecule has 0 aliphatic heterocycles. The lowest BCUT2D eigenvalue weighted by atomic mass is 9.77. The molecule has 1 rings (SSSR count). The van der Waals surface area contributed by atoms with Crippen molar-refractivity contribution < 1.29 is 19.4 Å². The molecule has 0 unspecified atom stereocenters. The first-order valence-corrected chi connectivity index (χ1v) is 6.60. The zero-order valence-electron chi connectivity index (χ0n) is 11.2. The Morgan fingerprint density at radius 1 is 1.44 bits per heavy atom. The lowest BCUT2D eigenvalue weighted by Gasteiger charge is -2.40. The summed E-state index contributed by atoms with van der Waals surface area (Å²) in [7, 11) is 1.61. The van der Waals surface area contributed by atoms with E-state index in [4.69, 9.17) is 9.84 Å². The molecule has 1 aliphatic carbocycles. The van der Waals surface area contributed by atoms with Crippen molar-refractivity contribution in [3.63, 3.8) is 0 Å². The smallest absolute Gasteiger partial charge is 0.326 e. The van der Waals surface area contributed by atoms with Gasteiger partial charge in [-0.25, -0.2) is 4.79 Å². The highest BCUT2D eigenvalue weighted by molar-refractivity contribution is 5.84. The summed E-state index contributed by atoms with van der Waals surface area (Å²) >= 11 is 0. The third kappa shape index (κ3) is 3.98. The zero-order valence-corrected chi connectivity index (χ0v) is 11.2. The van der Waals surface area contributed by atoms with Gasteiger partial charge in [0.2, 0.25) is 5.91 Å². The molecule has 104 valence electrons. The largest absolute Gasteiger partial charge is 0.480 e. The number of carbonyl (C=O) groups is 2. The second kappa shape index (κ2) is 6.73. The van der Waals surface area contributed by atoms with Crippen molar-refractivity contribution in [2.24, 2.45) is 0 Å². The molecule has 1 amide bonds. The van der Waals surface area contributed by atoms with Crippen LogP contribution in [0, 0.1) is 0 Å². The zero-order chi connectivity index (χ0) is 13.6. The van der Waals surface area contributed by atoms with Crippen LogP contribution in [0.1, 0.15) is 51.9 Å².